The van der Waals surface area contributed by atoms with Crippen LogP contribution in [0.3, 0.4) is 0 Å². The Balaban J connectivity index is 2.75. The van der Waals surface area contributed by atoms with Crippen molar-refractivity contribution in [1.82, 2.24) is 4.90 Å². The van der Waals surface area contributed by atoms with Crippen molar-refractivity contribution in [3.8, 4) is 0 Å². The van der Waals surface area contributed by atoms with Crippen LogP contribution in [0.2, 0.25) is 5.21 Å². The van der Waals surface area contributed by atoms with E-state index < -0.39 is 5.21 Å². The molecule has 1 saturated heterocycles. The van der Waals surface area contributed by atoms with E-state index in [2.05, 4.69) is 11.8 Å². The van der Waals surface area contributed by atoms with Crippen LogP contribution in [0.5, 0.6) is 0 Å². The number of carbonyl (C=O) groups is 1. The van der Waals surface area contributed by atoms with Crippen molar-refractivity contribution in [3.63, 3.8) is 0 Å². The van der Waals surface area contributed by atoms with E-state index in [0.717, 1.165) is 25.8 Å². The Morgan fingerprint density at radius 3 is 2.71 bits per heavy atom. The lowest BCUT2D eigenvalue weighted by atomic mass is 9.49. The molecule has 0 aromatic carbocycles. The molecule has 0 aromatic rings. The maximum atomic E-state index is 10.8. The number of hydrogen-bond donors (Lipinski definition) is 0. The second kappa shape index (κ2) is 4.52. The second-order valence-corrected chi connectivity index (χ2v) is 4.38. The number of carbonyl (C=O) groups excluding carboxylic acids is 1. The minimum absolute atomic E-state index is 0.0000463. The number of nitrogens with zero attached hydrogens (tertiary/aromatic N) is 1. The van der Waals surface area contributed by atoms with Gasteiger partial charge in [0.2, 0.25) is 0 Å². The van der Waals surface area contributed by atoms with Crippen LogP contribution in [-0.2, 0) is 4.79 Å². The summed E-state index contributed by atoms with van der Waals surface area (Å²) in [6.07, 6.45) is 3.99. The van der Waals surface area contributed by atoms with Gasteiger partial charge in [-0.05, 0) is 37.6 Å². The highest BCUT2D eigenvalue weighted by Gasteiger charge is 2.40. The van der Waals surface area contributed by atoms with E-state index in [4.69, 9.17) is 15.7 Å². The Morgan fingerprint density at radius 2 is 2.21 bits per heavy atom. The zero-order chi connectivity index (χ0) is 10.8. The molecule has 0 N–H and O–H groups in total. The molecule has 0 spiro atoms. The number of hydrogen-bond acceptors (Lipinski definition) is 2. The number of rotatable bonds is 4. The van der Waals surface area contributed by atoms with Gasteiger partial charge in [0.1, 0.15) is 6.29 Å². The van der Waals surface area contributed by atoms with Gasteiger partial charge < -0.3 is 9.69 Å². The molecule has 0 aliphatic carbocycles. The minimum atomic E-state index is -1.19. The zero-order valence-corrected chi connectivity index (χ0v) is 9.07. The molecule has 1 heterocycles. The van der Waals surface area contributed by atoms with Gasteiger partial charge in [0.15, 0.2) is 0 Å². The lowest BCUT2D eigenvalue weighted by Crippen LogP contribution is -2.43. The Hall–Kier alpha value is -0.240. The molecule has 1 aliphatic heterocycles. The van der Waals surface area contributed by atoms with Crippen LogP contribution in [0.25, 0.3) is 0 Å². The Kier molecular flexibility index (Phi) is 3.82. The van der Waals surface area contributed by atoms with Crippen molar-refractivity contribution in [2.75, 3.05) is 13.6 Å². The summed E-state index contributed by atoms with van der Waals surface area (Å²) in [7, 11) is 13.6. The Labute approximate surface area is 89.2 Å². The van der Waals surface area contributed by atoms with E-state index in [1.54, 1.807) is 0 Å². The number of aldehydes is 1. The van der Waals surface area contributed by atoms with Crippen LogP contribution in [0.15, 0.2) is 0 Å². The third-order valence-electron chi connectivity index (χ3n) is 3.15. The maximum Gasteiger partial charge on any atom is 0.110 e. The Morgan fingerprint density at radius 1 is 1.57 bits per heavy atom. The summed E-state index contributed by atoms with van der Waals surface area (Å²) in [5.41, 5.74) is 0. The molecule has 2 nitrogen and oxygen atoms in total. The van der Waals surface area contributed by atoms with Gasteiger partial charge in [-0.3, -0.25) is 0 Å². The fourth-order valence-electron chi connectivity index (χ4n) is 2.56. The van der Waals surface area contributed by atoms with Gasteiger partial charge in [0.05, 0.1) is 15.7 Å². The molecule has 74 valence electrons. The van der Waals surface area contributed by atoms with Crippen LogP contribution in [0.4, 0.5) is 0 Å². The topological polar surface area (TPSA) is 20.3 Å². The lowest BCUT2D eigenvalue weighted by molar-refractivity contribution is -0.109. The maximum absolute atomic E-state index is 10.8. The fraction of sp³-hybridized carbons (Fsp3) is 0.900. The Bertz CT molecular complexity index is 206. The summed E-state index contributed by atoms with van der Waals surface area (Å²) >= 11 is 0. The fourth-order valence-corrected chi connectivity index (χ4v) is 2.56. The largest absolute Gasteiger partial charge is 0.304 e. The van der Waals surface area contributed by atoms with Gasteiger partial charge in [-0.15, -0.1) is 0 Å². The van der Waals surface area contributed by atoms with Crippen molar-refractivity contribution in [2.45, 2.75) is 37.4 Å². The highest BCUT2D eigenvalue weighted by molar-refractivity contribution is 6.48. The molecule has 2 unspecified atom stereocenters. The van der Waals surface area contributed by atoms with Crippen molar-refractivity contribution in [3.05, 3.63) is 0 Å². The molecule has 0 amide bonds. The summed E-state index contributed by atoms with van der Waals surface area (Å²) in [6.45, 7) is 3.13. The average molecular weight is 189 g/mol. The molecule has 1 rings (SSSR count). The van der Waals surface area contributed by atoms with Crippen molar-refractivity contribution >= 4 is 22.0 Å². The van der Waals surface area contributed by atoms with E-state index in [1.807, 2.05) is 7.05 Å². The van der Waals surface area contributed by atoms with Crippen LogP contribution < -0.4 is 0 Å². The summed E-state index contributed by atoms with van der Waals surface area (Å²) in [4.78, 5) is 12.9. The van der Waals surface area contributed by atoms with Crippen LogP contribution in [-0.4, -0.2) is 46.5 Å². The van der Waals surface area contributed by atoms with Gasteiger partial charge in [-0.2, -0.15) is 0 Å². The lowest BCUT2D eigenvalue weighted by Gasteiger charge is -2.36. The molecule has 4 radical (unpaired) electrons. The summed E-state index contributed by atoms with van der Waals surface area (Å²) in [5, 5.41) is -1.19. The molecule has 4 heteroatoms. The molecule has 1 fully saturated rings. The van der Waals surface area contributed by atoms with Crippen molar-refractivity contribution in [2.24, 2.45) is 5.92 Å². The third-order valence-corrected chi connectivity index (χ3v) is 3.15. The normalized spacial score (nSPS) is 29.3. The van der Waals surface area contributed by atoms with Gasteiger partial charge >= 0.3 is 0 Å². The molecule has 0 bridgehead atoms. The van der Waals surface area contributed by atoms with Crippen molar-refractivity contribution in [1.29, 1.82) is 0 Å². The monoisotopic (exact) mass is 189 g/mol. The van der Waals surface area contributed by atoms with Crippen LogP contribution >= 0.6 is 0 Å². The predicted octanol–water partition coefficient (Wildman–Crippen LogP) is 0.759. The first-order valence-electron chi connectivity index (χ1n) is 5.27. The standard InChI is InChI=1S/C10H17B2NO/c1-3-4-8-5-6-13(2)9(8)10(11,12)7-14/h7-9H,3-6H2,1-2H3. The molecule has 0 aromatic heterocycles. The van der Waals surface area contributed by atoms with Gasteiger partial charge in [0.25, 0.3) is 0 Å². The van der Waals surface area contributed by atoms with E-state index in [0.29, 0.717) is 12.2 Å². The molecule has 0 saturated carbocycles. The first kappa shape index (κ1) is 11.8. The van der Waals surface area contributed by atoms with Gasteiger partial charge in [-0.25, -0.2) is 0 Å². The smallest absolute Gasteiger partial charge is 0.110 e. The van der Waals surface area contributed by atoms with Crippen LogP contribution in [0.1, 0.15) is 26.2 Å². The SMILES string of the molecule is [B]C([B])(C=O)C1C(CCC)CCN1C. The van der Waals surface area contributed by atoms with Gasteiger partial charge in [-0.1, -0.05) is 13.3 Å². The highest BCUT2D eigenvalue weighted by Crippen LogP contribution is 2.38. The summed E-state index contributed by atoms with van der Waals surface area (Å²) < 4.78 is 0. The highest BCUT2D eigenvalue weighted by atomic mass is 16.1. The zero-order valence-electron chi connectivity index (χ0n) is 9.07. The van der Waals surface area contributed by atoms with E-state index >= 15 is 0 Å². The molecular formula is C10H17B2NO. The third kappa shape index (κ3) is 2.22. The molecule has 2 atom stereocenters. The van der Waals surface area contributed by atoms with Gasteiger partial charge in [0, 0.05) is 6.04 Å². The molecular weight excluding hydrogens is 172 g/mol. The first-order valence-corrected chi connectivity index (χ1v) is 5.27. The summed E-state index contributed by atoms with van der Waals surface area (Å²) in [5.74, 6) is 0.463. The van der Waals surface area contributed by atoms with E-state index in [9.17, 15) is 4.79 Å². The van der Waals surface area contributed by atoms with E-state index in [-0.39, 0.29) is 6.04 Å². The average Bonchev–Trinajstić information content (AvgIpc) is 2.48. The van der Waals surface area contributed by atoms with E-state index in [1.165, 1.54) is 0 Å². The summed E-state index contributed by atoms with van der Waals surface area (Å²) in [6, 6.07) is -0.0000463. The second-order valence-electron chi connectivity index (χ2n) is 4.38. The first-order chi connectivity index (χ1) is 6.53. The number of likely N-dealkylation sites (tertiary alicyclic amines) is 1. The molecule has 1 aliphatic rings. The minimum Gasteiger partial charge on any atom is -0.304 e. The van der Waals surface area contributed by atoms with Crippen molar-refractivity contribution < 1.29 is 4.79 Å². The van der Waals surface area contributed by atoms with Crippen LogP contribution in [0, 0.1) is 5.92 Å². The predicted molar refractivity (Wildman–Crippen MR) is 59.7 cm³/mol. The molecule has 14 heavy (non-hydrogen) atoms. The quantitative estimate of drug-likeness (QED) is 0.480.